The maximum absolute atomic E-state index is 10.6. The summed E-state index contributed by atoms with van der Waals surface area (Å²) in [7, 11) is -1.70. The van der Waals surface area contributed by atoms with Gasteiger partial charge in [0, 0.05) is 16.7 Å². The van der Waals surface area contributed by atoms with Crippen LogP contribution in [0, 0.1) is 0 Å². The van der Waals surface area contributed by atoms with Gasteiger partial charge in [0.25, 0.3) is 10.1 Å². The molecule has 1 unspecified atom stereocenters. The molecule has 0 aromatic heterocycles. The summed E-state index contributed by atoms with van der Waals surface area (Å²) in [5, 5.41) is -0.0935. The predicted molar refractivity (Wildman–Crippen MR) is 205 cm³/mol. The third-order valence-electron chi connectivity index (χ3n) is 9.06. The molecule has 0 aliphatic rings. The topological polar surface area (TPSA) is 54.4 Å². The van der Waals surface area contributed by atoms with Gasteiger partial charge in [-0.1, -0.05) is 220 Å². The van der Waals surface area contributed by atoms with E-state index < -0.39 is 10.1 Å². The van der Waals surface area contributed by atoms with Crippen molar-refractivity contribution in [2.24, 2.45) is 0 Å². The number of hydrogen-bond acceptors (Lipinski definition) is 2. The van der Waals surface area contributed by atoms with Crippen LogP contribution in [0.4, 0.5) is 0 Å². The molecule has 0 aliphatic heterocycles. The molecule has 256 valence electrons. The molecule has 0 saturated heterocycles. The molecule has 0 saturated carbocycles. The van der Waals surface area contributed by atoms with Gasteiger partial charge in [0.2, 0.25) is 0 Å². The van der Waals surface area contributed by atoms with Gasteiger partial charge in [-0.15, -0.1) is 0 Å². The minimum Gasteiger partial charge on any atom is -0.286 e. The molecule has 0 amide bonds. The number of rotatable bonds is 24. The maximum atomic E-state index is 10.6. The summed E-state index contributed by atoms with van der Waals surface area (Å²) in [5.41, 5.74) is 3.99. The molecule has 1 atom stereocenters. The van der Waals surface area contributed by atoms with Crippen LogP contribution in [0.2, 0.25) is 0 Å². The average molecular weight is 668 g/mol. The van der Waals surface area contributed by atoms with E-state index in [1.165, 1.54) is 126 Å². The molecule has 3 rings (SSSR count). The van der Waals surface area contributed by atoms with E-state index in [9.17, 15) is 8.42 Å². The van der Waals surface area contributed by atoms with Crippen LogP contribution in [-0.4, -0.2) is 18.7 Å². The monoisotopic (exact) mass is 667 g/mol. The van der Waals surface area contributed by atoms with E-state index in [0.717, 1.165) is 12.8 Å². The highest BCUT2D eigenvalue weighted by Gasteiger charge is 2.36. The molecule has 0 bridgehead atoms. The Kier molecular flexibility index (Phi) is 21.9. The summed E-state index contributed by atoms with van der Waals surface area (Å²) in [5.74, 6) is -0.0774. The van der Waals surface area contributed by atoms with E-state index in [1.54, 1.807) is 0 Å². The van der Waals surface area contributed by atoms with Crippen LogP contribution in [0.3, 0.4) is 0 Å². The summed E-state index contributed by atoms with van der Waals surface area (Å²) < 4.78 is 29.8. The van der Waals surface area contributed by atoms with Crippen molar-refractivity contribution < 1.29 is 13.0 Å². The molecular weight excluding hydrogens is 603 g/mol. The Morgan fingerprint density at radius 2 is 0.696 bits per heavy atom. The lowest BCUT2D eigenvalue weighted by Crippen LogP contribution is -2.21. The van der Waals surface area contributed by atoms with Gasteiger partial charge in [0.05, 0.1) is 5.75 Å². The van der Waals surface area contributed by atoms with E-state index >= 15 is 0 Å². The van der Waals surface area contributed by atoms with Crippen LogP contribution in [0.5, 0.6) is 0 Å². The predicted octanol–water partition coefficient (Wildman–Crippen LogP) is 12.3. The van der Waals surface area contributed by atoms with E-state index in [1.807, 2.05) is 9.24 Å². The Morgan fingerprint density at radius 3 is 0.935 bits per heavy atom. The third-order valence-corrected chi connectivity index (χ3v) is 11.1. The fourth-order valence-electron chi connectivity index (χ4n) is 6.21. The Balaban J connectivity index is 0.000000328. The Hall–Kier alpha value is -2.00. The molecule has 5 heteroatoms. The highest BCUT2D eigenvalue weighted by atomic mass is 32.2. The standard InChI is InChI=1S/C22H46O3S.C19H17P/c1-2-3-4-5-6-7-8-9-10-11-12-13-14-15-16-17-18-19-20-21-22-26(23,24)25;20-19(16-10-4-1-5-11-16,17-12-6-2-7-13-17)18-14-8-3-9-15-18/h2-22H2,1H3,(H,23,24,25);1-15H,20H2/p+1. The second-order valence-corrected chi connectivity index (χ2v) is 15.6. The summed E-state index contributed by atoms with van der Waals surface area (Å²) in [4.78, 5) is 0. The van der Waals surface area contributed by atoms with Gasteiger partial charge < -0.3 is 0 Å². The van der Waals surface area contributed by atoms with Gasteiger partial charge in [-0.05, 0) is 15.7 Å². The molecule has 46 heavy (non-hydrogen) atoms. The first kappa shape index (κ1) is 40.2. The van der Waals surface area contributed by atoms with Crippen LogP contribution in [0.25, 0.3) is 0 Å². The second kappa shape index (κ2) is 25.1. The van der Waals surface area contributed by atoms with Crippen molar-refractivity contribution in [1.82, 2.24) is 0 Å². The first-order valence-corrected chi connectivity index (χ1v) is 20.7. The zero-order valence-corrected chi connectivity index (χ0v) is 31.1. The van der Waals surface area contributed by atoms with Gasteiger partial charge in [0.15, 0.2) is 0 Å². The van der Waals surface area contributed by atoms with Crippen molar-refractivity contribution in [1.29, 1.82) is 0 Å². The molecule has 0 heterocycles. The molecule has 0 aliphatic carbocycles. The SMILES string of the molecule is CCCCCCCCCCCCCCCCCCCCCCS(=O)(=O)O.[PH3+]C(c1ccccc1)(c1ccccc1)c1ccccc1. The van der Waals surface area contributed by atoms with Crippen LogP contribution in [0.1, 0.15) is 152 Å². The minimum absolute atomic E-state index is 0.0774. The highest BCUT2D eigenvalue weighted by molar-refractivity contribution is 7.85. The first-order chi connectivity index (χ1) is 22.4. The Morgan fingerprint density at radius 1 is 0.457 bits per heavy atom. The Bertz CT molecular complexity index is 1120. The molecule has 0 fully saturated rings. The molecule has 3 aromatic carbocycles. The van der Waals surface area contributed by atoms with Crippen LogP contribution in [-0.2, 0) is 15.3 Å². The number of benzene rings is 3. The van der Waals surface area contributed by atoms with E-state index in [-0.39, 0.29) is 10.9 Å². The smallest absolute Gasteiger partial charge is 0.264 e. The lowest BCUT2D eigenvalue weighted by molar-refractivity contribution is 0.478. The third kappa shape index (κ3) is 17.8. The van der Waals surface area contributed by atoms with Gasteiger partial charge >= 0.3 is 0 Å². The lowest BCUT2D eigenvalue weighted by atomic mass is 9.84. The van der Waals surface area contributed by atoms with E-state index in [0.29, 0.717) is 6.42 Å². The largest absolute Gasteiger partial charge is 0.286 e. The van der Waals surface area contributed by atoms with Crippen molar-refractivity contribution >= 4 is 19.4 Å². The van der Waals surface area contributed by atoms with Crippen molar-refractivity contribution in [3.05, 3.63) is 108 Å². The maximum Gasteiger partial charge on any atom is 0.264 e. The van der Waals surface area contributed by atoms with Gasteiger partial charge in [-0.3, -0.25) is 4.55 Å². The quantitative estimate of drug-likeness (QED) is 0.0448. The summed E-state index contributed by atoms with van der Waals surface area (Å²) in [6.07, 6.45) is 26.2. The fourth-order valence-corrected chi connectivity index (χ4v) is 7.48. The van der Waals surface area contributed by atoms with Gasteiger partial charge in [-0.2, -0.15) is 8.42 Å². The average Bonchev–Trinajstić information content (AvgIpc) is 3.08. The lowest BCUT2D eigenvalue weighted by Gasteiger charge is -2.26. The molecule has 1 N–H and O–H groups in total. The summed E-state index contributed by atoms with van der Waals surface area (Å²) >= 11 is 0. The minimum atomic E-state index is -3.75. The van der Waals surface area contributed by atoms with Crippen molar-refractivity contribution in [2.75, 3.05) is 5.75 Å². The van der Waals surface area contributed by atoms with E-state index in [4.69, 9.17) is 4.55 Å². The summed E-state index contributed by atoms with van der Waals surface area (Å²) in [6, 6.07) is 32.2. The number of hydrogen-bond donors (Lipinski definition) is 1. The molecule has 3 nitrogen and oxygen atoms in total. The summed E-state index contributed by atoms with van der Waals surface area (Å²) in [6.45, 7) is 2.28. The van der Waals surface area contributed by atoms with Crippen LogP contribution < -0.4 is 0 Å². The molecule has 3 aromatic rings. The van der Waals surface area contributed by atoms with Crippen molar-refractivity contribution in [2.45, 2.75) is 140 Å². The normalized spacial score (nSPS) is 11.7. The fraction of sp³-hybridized carbons (Fsp3) is 0.561. The van der Waals surface area contributed by atoms with Crippen molar-refractivity contribution in [3.8, 4) is 0 Å². The van der Waals surface area contributed by atoms with E-state index in [2.05, 4.69) is 97.9 Å². The molecule has 0 radical (unpaired) electrons. The zero-order chi connectivity index (χ0) is 33.2. The van der Waals surface area contributed by atoms with Crippen molar-refractivity contribution in [3.63, 3.8) is 0 Å². The Labute approximate surface area is 285 Å². The molecule has 0 spiro atoms. The van der Waals surface area contributed by atoms with Gasteiger partial charge in [-0.25, -0.2) is 0 Å². The highest BCUT2D eigenvalue weighted by Crippen LogP contribution is 2.44. The molecular formula is C41H64O3PS+. The first-order valence-electron chi connectivity index (χ1n) is 18.3. The van der Waals surface area contributed by atoms with Crippen LogP contribution in [0.15, 0.2) is 91.0 Å². The van der Waals surface area contributed by atoms with Gasteiger partial charge in [0.1, 0.15) is 5.16 Å². The second-order valence-electron chi connectivity index (χ2n) is 13.0. The zero-order valence-electron chi connectivity index (χ0n) is 28.9. The van der Waals surface area contributed by atoms with Crippen LogP contribution >= 0.6 is 9.24 Å². The number of unbranched alkanes of at least 4 members (excludes halogenated alkanes) is 19.